The Morgan fingerprint density at radius 3 is 2.69 bits per heavy atom. The summed E-state index contributed by atoms with van der Waals surface area (Å²) in [6, 6.07) is 0. The Morgan fingerprint density at radius 1 is 1.46 bits per heavy atom. The van der Waals surface area contributed by atoms with E-state index < -0.39 is 11.9 Å². The first-order valence-electron chi connectivity index (χ1n) is 3.49. The highest BCUT2D eigenvalue weighted by atomic mass is 32.1. The molecule has 0 radical (unpaired) electrons. The van der Waals surface area contributed by atoms with Gasteiger partial charge < -0.3 is 0 Å². The van der Waals surface area contributed by atoms with Crippen LogP contribution in [0.5, 0.6) is 0 Å². The van der Waals surface area contributed by atoms with Crippen LogP contribution < -0.4 is 0 Å². The van der Waals surface area contributed by atoms with E-state index in [1.54, 1.807) is 11.6 Å². The van der Waals surface area contributed by atoms with E-state index >= 15 is 0 Å². The number of aryl methyl sites for hydroxylation is 1. The predicted octanol–water partition coefficient (Wildman–Crippen LogP) is 2.72. The molecule has 0 aliphatic carbocycles. The molecular weight excluding hydrogens is 201 g/mol. The van der Waals surface area contributed by atoms with Crippen LogP contribution in [0.1, 0.15) is 11.4 Å². The molecule has 0 unspecified atom stereocenters. The molecule has 0 spiro atoms. The average molecular weight is 206 g/mol. The molecule has 0 fully saturated rings. The van der Waals surface area contributed by atoms with Crippen LogP contribution >= 0.6 is 11.3 Å². The summed E-state index contributed by atoms with van der Waals surface area (Å²) in [5, 5.41) is 1.70. The van der Waals surface area contributed by atoms with Crippen molar-refractivity contribution >= 4 is 16.3 Å². The highest BCUT2D eigenvalue weighted by Gasteiger charge is 2.36. The van der Waals surface area contributed by atoms with Crippen LogP contribution in [0, 0.1) is 6.92 Å². The number of rotatable bonds is 0. The van der Waals surface area contributed by atoms with Crippen molar-refractivity contribution < 1.29 is 13.2 Å². The molecule has 0 atom stereocenters. The first-order valence-corrected chi connectivity index (χ1v) is 4.37. The van der Waals surface area contributed by atoms with Gasteiger partial charge in [-0.1, -0.05) is 0 Å². The SMILES string of the molecule is Cc1c(C(F)(F)F)nc2sccn12. The summed E-state index contributed by atoms with van der Waals surface area (Å²) in [6.45, 7) is 1.41. The summed E-state index contributed by atoms with van der Waals surface area (Å²) in [6.07, 6.45) is -2.77. The molecule has 2 aromatic rings. The fourth-order valence-electron chi connectivity index (χ4n) is 1.17. The van der Waals surface area contributed by atoms with Crippen molar-refractivity contribution in [2.45, 2.75) is 13.1 Å². The highest BCUT2D eigenvalue weighted by Crippen LogP contribution is 2.32. The topological polar surface area (TPSA) is 17.3 Å². The third-order valence-electron chi connectivity index (χ3n) is 1.77. The summed E-state index contributed by atoms with van der Waals surface area (Å²) >= 11 is 1.19. The Hall–Kier alpha value is -1.04. The lowest BCUT2D eigenvalue weighted by Crippen LogP contribution is -2.07. The maximum atomic E-state index is 12.3. The number of thiazole rings is 1. The summed E-state index contributed by atoms with van der Waals surface area (Å²) in [5.41, 5.74) is -0.650. The van der Waals surface area contributed by atoms with Gasteiger partial charge in [0.25, 0.3) is 0 Å². The lowest BCUT2D eigenvalue weighted by molar-refractivity contribution is -0.141. The lowest BCUT2D eigenvalue weighted by Gasteiger charge is -2.02. The third-order valence-corrected chi connectivity index (χ3v) is 2.53. The normalized spacial score (nSPS) is 12.6. The van der Waals surface area contributed by atoms with Crippen molar-refractivity contribution in [1.29, 1.82) is 0 Å². The van der Waals surface area contributed by atoms with Gasteiger partial charge in [0.15, 0.2) is 10.7 Å². The number of fused-ring (bicyclic) bond motifs is 1. The van der Waals surface area contributed by atoms with Gasteiger partial charge >= 0.3 is 6.18 Å². The van der Waals surface area contributed by atoms with Crippen molar-refractivity contribution in [2.75, 3.05) is 0 Å². The number of imidazole rings is 1. The van der Waals surface area contributed by atoms with Crippen molar-refractivity contribution in [1.82, 2.24) is 9.38 Å². The van der Waals surface area contributed by atoms with Crippen LogP contribution in [-0.2, 0) is 6.18 Å². The summed E-state index contributed by atoms with van der Waals surface area (Å²) in [5.74, 6) is 0. The molecule has 2 nitrogen and oxygen atoms in total. The fourth-order valence-corrected chi connectivity index (χ4v) is 1.93. The van der Waals surface area contributed by atoms with Gasteiger partial charge in [-0.15, -0.1) is 11.3 Å². The average Bonchev–Trinajstić information content (AvgIpc) is 2.51. The van der Waals surface area contributed by atoms with E-state index in [1.165, 1.54) is 22.7 Å². The fraction of sp³-hybridized carbons (Fsp3) is 0.286. The van der Waals surface area contributed by atoms with Gasteiger partial charge in [0.1, 0.15) is 0 Å². The van der Waals surface area contributed by atoms with Gasteiger partial charge in [0, 0.05) is 11.6 Å². The molecule has 13 heavy (non-hydrogen) atoms. The zero-order chi connectivity index (χ0) is 9.64. The molecule has 70 valence electrons. The van der Waals surface area contributed by atoms with Gasteiger partial charge in [-0.05, 0) is 6.92 Å². The second-order valence-electron chi connectivity index (χ2n) is 2.60. The van der Waals surface area contributed by atoms with Crippen molar-refractivity contribution in [3.8, 4) is 0 Å². The maximum absolute atomic E-state index is 12.3. The second-order valence-corrected chi connectivity index (χ2v) is 3.47. The molecule has 2 aromatic heterocycles. The van der Waals surface area contributed by atoms with E-state index in [0.29, 0.717) is 4.96 Å². The molecule has 0 N–H and O–H groups in total. The molecule has 0 aromatic carbocycles. The van der Waals surface area contributed by atoms with E-state index in [1.807, 2.05) is 0 Å². The van der Waals surface area contributed by atoms with Gasteiger partial charge in [-0.25, -0.2) is 4.98 Å². The number of nitrogens with zero attached hydrogens (tertiary/aromatic N) is 2. The summed E-state index contributed by atoms with van der Waals surface area (Å²) in [4.78, 5) is 3.88. The summed E-state index contributed by atoms with van der Waals surface area (Å²) < 4.78 is 38.3. The molecule has 2 rings (SSSR count). The largest absolute Gasteiger partial charge is 0.435 e. The number of halogens is 3. The van der Waals surface area contributed by atoms with Crippen molar-refractivity contribution in [3.05, 3.63) is 23.0 Å². The van der Waals surface area contributed by atoms with Crippen LogP contribution in [0.25, 0.3) is 4.96 Å². The van der Waals surface area contributed by atoms with Gasteiger partial charge in [-0.2, -0.15) is 13.2 Å². The molecule has 6 heteroatoms. The van der Waals surface area contributed by atoms with Gasteiger partial charge in [-0.3, -0.25) is 4.40 Å². The van der Waals surface area contributed by atoms with Crippen molar-refractivity contribution in [2.24, 2.45) is 0 Å². The maximum Gasteiger partial charge on any atom is 0.435 e. The van der Waals surface area contributed by atoms with Crippen LogP contribution in [0.2, 0.25) is 0 Å². The molecule has 0 amide bonds. The third kappa shape index (κ3) is 1.21. The van der Waals surface area contributed by atoms with E-state index in [9.17, 15) is 13.2 Å². The molecule has 0 saturated heterocycles. The van der Waals surface area contributed by atoms with E-state index in [-0.39, 0.29) is 5.69 Å². The number of hydrogen-bond donors (Lipinski definition) is 0. The van der Waals surface area contributed by atoms with Crippen LogP contribution in [-0.4, -0.2) is 9.38 Å². The Balaban J connectivity index is 2.71. The number of hydrogen-bond acceptors (Lipinski definition) is 2. The molecule has 0 bridgehead atoms. The Kier molecular flexibility index (Phi) is 1.63. The first kappa shape index (κ1) is 8.55. The minimum absolute atomic E-state index is 0.142. The molecule has 0 aliphatic heterocycles. The second kappa shape index (κ2) is 2.47. The molecule has 0 saturated carbocycles. The first-order chi connectivity index (χ1) is 6.00. The number of aromatic nitrogens is 2. The Bertz CT molecular complexity index is 440. The molecular formula is C7H5F3N2S. The minimum atomic E-state index is -4.35. The van der Waals surface area contributed by atoms with Gasteiger partial charge in [0.05, 0.1) is 5.69 Å². The van der Waals surface area contributed by atoms with Crippen LogP contribution in [0.15, 0.2) is 11.6 Å². The minimum Gasteiger partial charge on any atom is -0.294 e. The summed E-state index contributed by atoms with van der Waals surface area (Å²) in [7, 11) is 0. The Morgan fingerprint density at radius 2 is 2.15 bits per heavy atom. The number of alkyl halides is 3. The molecule has 0 aliphatic rings. The van der Waals surface area contributed by atoms with E-state index in [4.69, 9.17) is 0 Å². The highest BCUT2D eigenvalue weighted by molar-refractivity contribution is 7.15. The van der Waals surface area contributed by atoms with E-state index in [2.05, 4.69) is 4.98 Å². The monoisotopic (exact) mass is 206 g/mol. The van der Waals surface area contributed by atoms with Crippen LogP contribution in [0.4, 0.5) is 13.2 Å². The molecule has 2 heterocycles. The zero-order valence-corrected chi connectivity index (χ0v) is 7.41. The van der Waals surface area contributed by atoms with E-state index in [0.717, 1.165) is 0 Å². The van der Waals surface area contributed by atoms with Crippen LogP contribution in [0.3, 0.4) is 0 Å². The predicted molar refractivity (Wildman–Crippen MR) is 42.8 cm³/mol. The smallest absolute Gasteiger partial charge is 0.294 e. The van der Waals surface area contributed by atoms with Gasteiger partial charge in [0.2, 0.25) is 0 Å². The standard InChI is InChI=1S/C7H5F3N2S/c1-4-5(7(8,9)10)11-6-12(4)2-3-13-6/h2-3H,1H3. The Labute approximate surface area is 75.6 Å². The van der Waals surface area contributed by atoms with Crippen molar-refractivity contribution in [3.63, 3.8) is 0 Å². The lowest BCUT2D eigenvalue weighted by atomic mass is 10.3. The quantitative estimate of drug-likeness (QED) is 0.647. The zero-order valence-electron chi connectivity index (χ0n) is 6.59.